The van der Waals surface area contributed by atoms with Crippen LogP contribution in [0.3, 0.4) is 0 Å². The molecule has 1 heterocycles. The number of methoxy groups -OCH3 is 1. The van der Waals surface area contributed by atoms with Gasteiger partial charge in [-0.05, 0) is 12.8 Å². The van der Waals surface area contributed by atoms with Crippen LogP contribution in [0.5, 0.6) is 0 Å². The van der Waals surface area contributed by atoms with Crippen molar-refractivity contribution >= 4 is 5.97 Å². The van der Waals surface area contributed by atoms with Gasteiger partial charge >= 0.3 is 5.97 Å². The third kappa shape index (κ3) is 5.81. The van der Waals surface area contributed by atoms with Crippen LogP contribution in [-0.2, 0) is 29.5 Å². The van der Waals surface area contributed by atoms with E-state index >= 15 is 0 Å². The summed E-state index contributed by atoms with van der Waals surface area (Å²) in [5, 5.41) is 0. The van der Waals surface area contributed by atoms with Gasteiger partial charge in [-0.2, -0.15) is 0 Å². The summed E-state index contributed by atoms with van der Waals surface area (Å²) in [5.41, 5.74) is 1.22. The van der Waals surface area contributed by atoms with Gasteiger partial charge in [-0.3, -0.25) is 4.79 Å². The predicted octanol–water partition coefficient (Wildman–Crippen LogP) is -0.689. The van der Waals surface area contributed by atoms with Crippen molar-refractivity contribution in [1.29, 1.82) is 0 Å². The van der Waals surface area contributed by atoms with E-state index in [4.69, 9.17) is 4.74 Å². The lowest BCUT2D eigenvalue weighted by Crippen LogP contribution is -3.00. The molecule has 0 atom stereocenters. The highest BCUT2D eigenvalue weighted by atomic mass is 127. The second-order valence-corrected chi connectivity index (χ2v) is 5.07. The minimum Gasteiger partial charge on any atom is -1.00 e. The number of esters is 1. The Morgan fingerprint density at radius 1 is 1.35 bits per heavy atom. The number of ether oxygens (including phenoxy) is 1. The molecule has 5 heteroatoms. The number of imidazole rings is 1. The molecule has 0 aromatic carbocycles. The summed E-state index contributed by atoms with van der Waals surface area (Å²) < 4.78 is 9.17. The molecule has 116 valence electrons. The molecular formula is C15H27IN2O2. The molecule has 0 saturated heterocycles. The van der Waals surface area contributed by atoms with Crippen LogP contribution < -0.4 is 28.5 Å². The Morgan fingerprint density at radius 3 is 2.65 bits per heavy atom. The van der Waals surface area contributed by atoms with Gasteiger partial charge in [0.2, 0.25) is 0 Å². The van der Waals surface area contributed by atoms with Crippen LogP contribution in [0.15, 0.2) is 6.20 Å². The molecule has 1 aromatic rings. The van der Waals surface area contributed by atoms with Gasteiger partial charge in [-0.1, -0.05) is 19.8 Å². The van der Waals surface area contributed by atoms with Gasteiger partial charge in [0.1, 0.15) is 11.9 Å². The molecule has 1 aromatic heterocycles. The third-order valence-corrected chi connectivity index (χ3v) is 3.64. The molecule has 0 aliphatic heterocycles. The molecule has 4 nitrogen and oxygen atoms in total. The molecule has 0 aliphatic rings. The highest BCUT2D eigenvalue weighted by Gasteiger charge is 2.18. The van der Waals surface area contributed by atoms with Crippen LogP contribution in [0.2, 0.25) is 0 Å². The SMILES string of the molecule is CCCCCCn1c(CCC(=O)OC)c[n+](C)c1C.[I-]. The first-order valence-corrected chi connectivity index (χ1v) is 7.21. The van der Waals surface area contributed by atoms with Crippen LogP contribution in [0.4, 0.5) is 0 Å². The van der Waals surface area contributed by atoms with Crippen LogP contribution >= 0.6 is 0 Å². The molecule has 0 amide bonds. The van der Waals surface area contributed by atoms with Crippen molar-refractivity contribution in [3.8, 4) is 0 Å². The van der Waals surface area contributed by atoms with Gasteiger partial charge in [-0.25, -0.2) is 9.13 Å². The second-order valence-electron chi connectivity index (χ2n) is 5.07. The Kier molecular flexibility index (Phi) is 9.88. The number of halogens is 1. The van der Waals surface area contributed by atoms with E-state index in [1.807, 2.05) is 0 Å². The smallest absolute Gasteiger partial charge is 0.305 e. The number of nitrogens with zero attached hydrogens (tertiary/aromatic N) is 2. The minimum absolute atomic E-state index is 0. The van der Waals surface area contributed by atoms with Crippen LogP contribution in [-0.4, -0.2) is 17.6 Å². The Bertz CT molecular complexity index is 416. The predicted molar refractivity (Wildman–Crippen MR) is 74.8 cm³/mol. The zero-order valence-corrected chi connectivity index (χ0v) is 15.3. The lowest BCUT2D eigenvalue weighted by molar-refractivity contribution is -0.677. The second kappa shape index (κ2) is 10.2. The number of carbonyl (C=O) groups is 1. The molecule has 1 rings (SSSR count). The maximum absolute atomic E-state index is 11.2. The first kappa shape index (κ1) is 19.4. The van der Waals surface area contributed by atoms with Crippen molar-refractivity contribution < 1.29 is 38.1 Å². The molecule has 0 fully saturated rings. The summed E-state index contributed by atoms with van der Waals surface area (Å²) in [7, 11) is 3.50. The first-order chi connectivity index (χ1) is 9.10. The van der Waals surface area contributed by atoms with E-state index in [9.17, 15) is 4.79 Å². The summed E-state index contributed by atoms with van der Waals surface area (Å²) in [6.07, 6.45) is 8.36. The third-order valence-electron chi connectivity index (χ3n) is 3.64. The monoisotopic (exact) mass is 394 g/mol. The number of hydrogen-bond donors (Lipinski definition) is 0. The molecule has 0 aliphatic carbocycles. The van der Waals surface area contributed by atoms with E-state index < -0.39 is 0 Å². The van der Waals surface area contributed by atoms with Crippen molar-refractivity contribution in [2.45, 2.75) is 58.9 Å². The molecule has 0 spiro atoms. The van der Waals surface area contributed by atoms with Crippen molar-refractivity contribution in [2.24, 2.45) is 7.05 Å². The Hall–Kier alpha value is -0.590. The summed E-state index contributed by atoms with van der Waals surface area (Å²) in [5.74, 6) is 1.11. The fourth-order valence-corrected chi connectivity index (χ4v) is 2.32. The average Bonchev–Trinajstić information content (AvgIpc) is 2.68. The molecule has 0 bridgehead atoms. The largest absolute Gasteiger partial charge is 1.00 e. The van der Waals surface area contributed by atoms with E-state index in [0.29, 0.717) is 6.42 Å². The topological polar surface area (TPSA) is 35.1 Å². The number of unbranched alkanes of at least 4 members (excludes halogenated alkanes) is 3. The average molecular weight is 394 g/mol. The molecule has 0 saturated carbocycles. The van der Waals surface area contributed by atoms with Crippen LogP contribution in [0.1, 0.15) is 50.5 Å². The van der Waals surface area contributed by atoms with Gasteiger partial charge in [0.25, 0.3) is 5.82 Å². The van der Waals surface area contributed by atoms with Gasteiger partial charge in [0, 0.05) is 13.3 Å². The maximum Gasteiger partial charge on any atom is 0.305 e. The lowest BCUT2D eigenvalue weighted by Gasteiger charge is -2.03. The molecule has 0 radical (unpaired) electrons. The van der Waals surface area contributed by atoms with Crippen molar-refractivity contribution in [3.05, 3.63) is 17.7 Å². The van der Waals surface area contributed by atoms with E-state index in [2.05, 4.69) is 36.2 Å². The fraction of sp³-hybridized carbons (Fsp3) is 0.733. The van der Waals surface area contributed by atoms with Crippen molar-refractivity contribution in [1.82, 2.24) is 4.57 Å². The zero-order valence-electron chi connectivity index (χ0n) is 13.1. The minimum atomic E-state index is -0.140. The molecular weight excluding hydrogens is 367 g/mol. The summed E-state index contributed by atoms with van der Waals surface area (Å²) in [6.45, 7) is 5.40. The van der Waals surface area contributed by atoms with Crippen LogP contribution in [0, 0.1) is 6.92 Å². The fourth-order valence-electron chi connectivity index (χ4n) is 2.32. The normalized spacial score (nSPS) is 10.2. The first-order valence-electron chi connectivity index (χ1n) is 7.21. The van der Waals surface area contributed by atoms with E-state index in [1.54, 1.807) is 0 Å². The Balaban J connectivity index is 0.00000361. The number of rotatable bonds is 8. The summed E-state index contributed by atoms with van der Waals surface area (Å²) in [6, 6.07) is 0. The molecule has 20 heavy (non-hydrogen) atoms. The number of hydrogen-bond acceptors (Lipinski definition) is 2. The standard InChI is InChI=1S/C15H27N2O2.HI/c1-5-6-7-8-11-17-13(2)16(3)12-14(17)9-10-15(18)19-4;/h12H,5-11H2,1-4H3;1H/q+1;/p-1. The van der Waals surface area contributed by atoms with E-state index in [1.165, 1.54) is 44.3 Å². The van der Waals surface area contributed by atoms with E-state index in [-0.39, 0.29) is 29.9 Å². The Morgan fingerprint density at radius 2 is 2.05 bits per heavy atom. The number of aryl methyl sites for hydroxylation is 2. The summed E-state index contributed by atoms with van der Waals surface area (Å²) >= 11 is 0. The quantitative estimate of drug-likeness (QED) is 0.253. The molecule has 0 N–H and O–H groups in total. The van der Waals surface area contributed by atoms with Crippen LogP contribution in [0.25, 0.3) is 0 Å². The number of carbonyl (C=O) groups excluding carboxylic acids is 1. The Labute approximate surface area is 139 Å². The van der Waals surface area contributed by atoms with Gasteiger partial charge in [0.15, 0.2) is 0 Å². The van der Waals surface area contributed by atoms with Gasteiger partial charge in [0.05, 0.1) is 27.1 Å². The highest BCUT2D eigenvalue weighted by Crippen LogP contribution is 2.10. The van der Waals surface area contributed by atoms with Crippen molar-refractivity contribution in [2.75, 3.05) is 7.11 Å². The van der Waals surface area contributed by atoms with Gasteiger partial charge in [-0.15, -0.1) is 0 Å². The zero-order chi connectivity index (χ0) is 14.3. The van der Waals surface area contributed by atoms with Crippen molar-refractivity contribution in [3.63, 3.8) is 0 Å². The molecule has 0 unspecified atom stereocenters. The number of aromatic nitrogens is 2. The van der Waals surface area contributed by atoms with E-state index in [0.717, 1.165) is 13.0 Å². The lowest BCUT2D eigenvalue weighted by atomic mass is 10.2. The maximum atomic E-state index is 11.2. The summed E-state index contributed by atoms with van der Waals surface area (Å²) in [4.78, 5) is 11.2. The highest BCUT2D eigenvalue weighted by molar-refractivity contribution is 5.69. The van der Waals surface area contributed by atoms with Gasteiger partial charge < -0.3 is 28.7 Å².